The predicted octanol–water partition coefficient (Wildman–Crippen LogP) is 3.26. The Kier molecular flexibility index (Phi) is 6.68. The van der Waals surface area contributed by atoms with E-state index in [9.17, 15) is 14.4 Å². The number of nitrogens with zero attached hydrogens (tertiary/aromatic N) is 3. The number of halogens is 1. The van der Waals surface area contributed by atoms with E-state index in [1.54, 1.807) is 42.3 Å². The van der Waals surface area contributed by atoms with Gasteiger partial charge in [-0.2, -0.15) is 5.26 Å². The molecule has 0 aromatic heterocycles. The number of hydrogen-bond donors (Lipinski definition) is 0. The number of hydrogen-bond acceptors (Lipinski definition) is 5. The second-order valence-corrected chi connectivity index (χ2v) is 6.71. The molecule has 0 bridgehead atoms. The van der Waals surface area contributed by atoms with Gasteiger partial charge in [0.1, 0.15) is 11.9 Å². The van der Waals surface area contributed by atoms with Gasteiger partial charge in [0.15, 0.2) is 11.5 Å². The minimum Gasteiger partial charge on any atom is -0.493 e. The monoisotopic (exact) mass is 397 g/mol. The third kappa shape index (κ3) is 4.66. The molecule has 6 nitrogen and oxygen atoms in total. The molecular formula is C22H24FN3O3. The van der Waals surface area contributed by atoms with Crippen LogP contribution in [0.1, 0.15) is 28.9 Å². The molecule has 1 saturated heterocycles. The lowest BCUT2D eigenvalue weighted by Crippen LogP contribution is -2.49. The van der Waals surface area contributed by atoms with Gasteiger partial charge in [-0.3, -0.25) is 9.69 Å². The maximum absolute atomic E-state index is 13.2. The second kappa shape index (κ2) is 9.39. The molecule has 1 amide bonds. The molecule has 1 aliphatic rings. The quantitative estimate of drug-likeness (QED) is 0.749. The Hall–Kier alpha value is -3.11. The molecule has 1 heterocycles. The third-order valence-corrected chi connectivity index (χ3v) is 4.99. The minimum atomic E-state index is -0.460. The van der Waals surface area contributed by atoms with E-state index in [2.05, 4.69) is 6.07 Å². The van der Waals surface area contributed by atoms with Crippen molar-refractivity contribution in [3.05, 3.63) is 59.4 Å². The van der Waals surface area contributed by atoms with Crippen molar-refractivity contribution in [1.82, 2.24) is 9.80 Å². The van der Waals surface area contributed by atoms with Crippen LogP contribution in [0, 0.1) is 17.1 Å². The minimum absolute atomic E-state index is 0.0821. The van der Waals surface area contributed by atoms with Gasteiger partial charge in [-0.1, -0.05) is 12.1 Å². The zero-order chi connectivity index (χ0) is 20.8. The number of nitriles is 1. The van der Waals surface area contributed by atoms with E-state index in [1.807, 2.05) is 11.8 Å². The first kappa shape index (κ1) is 20.6. The zero-order valence-electron chi connectivity index (χ0n) is 16.6. The highest BCUT2D eigenvalue weighted by Gasteiger charge is 2.28. The fourth-order valence-electron chi connectivity index (χ4n) is 3.45. The van der Waals surface area contributed by atoms with Crippen molar-refractivity contribution < 1.29 is 18.7 Å². The van der Waals surface area contributed by atoms with Crippen LogP contribution in [0.3, 0.4) is 0 Å². The Morgan fingerprint density at radius 2 is 1.83 bits per heavy atom. The van der Waals surface area contributed by atoms with Crippen molar-refractivity contribution in [3.8, 4) is 17.6 Å². The molecule has 0 N–H and O–H groups in total. The van der Waals surface area contributed by atoms with Crippen LogP contribution in [0.15, 0.2) is 42.5 Å². The fourth-order valence-corrected chi connectivity index (χ4v) is 3.45. The van der Waals surface area contributed by atoms with E-state index in [0.29, 0.717) is 49.8 Å². The van der Waals surface area contributed by atoms with Crippen molar-refractivity contribution in [2.24, 2.45) is 0 Å². The summed E-state index contributed by atoms with van der Waals surface area (Å²) in [5.74, 6) is 0.720. The van der Waals surface area contributed by atoms with Gasteiger partial charge in [0, 0.05) is 31.7 Å². The summed E-state index contributed by atoms with van der Waals surface area (Å²) in [4.78, 5) is 16.7. The van der Waals surface area contributed by atoms with Crippen molar-refractivity contribution in [2.45, 2.75) is 13.0 Å². The lowest BCUT2D eigenvalue weighted by molar-refractivity contribution is 0.0606. The smallest absolute Gasteiger partial charge is 0.254 e. The van der Waals surface area contributed by atoms with E-state index in [0.717, 1.165) is 5.56 Å². The largest absolute Gasteiger partial charge is 0.493 e. The topological polar surface area (TPSA) is 65.8 Å². The van der Waals surface area contributed by atoms with E-state index in [-0.39, 0.29) is 11.7 Å². The molecule has 0 aliphatic carbocycles. The Bertz CT molecular complexity index is 887. The molecule has 0 radical (unpaired) electrons. The molecule has 2 aromatic rings. The highest BCUT2D eigenvalue weighted by molar-refractivity contribution is 5.95. The van der Waals surface area contributed by atoms with Gasteiger partial charge in [0.2, 0.25) is 0 Å². The normalized spacial score (nSPS) is 15.4. The van der Waals surface area contributed by atoms with E-state index >= 15 is 0 Å². The molecule has 7 heteroatoms. The highest BCUT2D eigenvalue weighted by Crippen LogP contribution is 2.29. The van der Waals surface area contributed by atoms with Gasteiger partial charge in [-0.05, 0) is 42.8 Å². The molecule has 0 saturated carbocycles. The van der Waals surface area contributed by atoms with Crippen LogP contribution in [0.4, 0.5) is 4.39 Å². The van der Waals surface area contributed by atoms with Gasteiger partial charge in [-0.15, -0.1) is 0 Å². The summed E-state index contributed by atoms with van der Waals surface area (Å²) in [6.45, 7) is 4.55. The maximum Gasteiger partial charge on any atom is 0.254 e. The number of carbonyl (C=O) groups is 1. The molecule has 152 valence electrons. The van der Waals surface area contributed by atoms with Gasteiger partial charge < -0.3 is 14.4 Å². The Morgan fingerprint density at radius 3 is 2.41 bits per heavy atom. The van der Waals surface area contributed by atoms with Gasteiger partial charge in [0.05, 0.1) is 19.8 Å². The Balaban J connectivity index is 1.66. The molecule has 0 spiro atoms. The molecule has 0 unspecified atom stereocenters. The predicted molar refractivity (Wildman–Crippen MR) is 106 cm³/mol. The molecule has 3 rings (SSSR count). The summed E-state index contributed by atoms with van der Waals surface area (Å²) in [7, 11) is 1.54. The average molecular weight is 397 g/mol. The van der Waals surface area contributed by atoms with Crippen LogP contribution in [0.25, 0.3) is 0 Å². The van der Waals surface area contributed by atoms with Crippen LogP contribution < -0.4 is 9.47 Å². The zero-order valence-corrected chi connectivity index (χ0v) is 16.6. The van der Waals surface area contributed by atoms with E-state index in [4.69, 9.17) is 9.47 Å². The average Bonchev–Trinajstić information content (AvgIpc) is 2.76. The van der Waals surface area contributed by atoms with E-state index in [1.165, 1.54) is 12.1 Å². The number of rotatable bonds is 6. The fraction of sp³-hybridized carbons (Fsp3) is 0.364. The lowest BCUT2D eigenvalue weighted by Gasteiger charge is -2.37. The van der Waals surface area contributed by atoms with Crippen LogP contribution >= 0.6 is 0 Å². The standard InChI is InChI=1S/C22H24FN3O3/c1-3-29-20-9-6-17(14-21(20)28-2)22(27)26-12-10-25(11-13-26)19(15-24)16-4-7-18(23)8-5-16/h4-9,14,19H,3,10-13H2,1-2H3/t19-/m1/s1. The summed E-state index contributed by atoms with van der Waals surface area (Å²) in [5, 5.41) is 9.59. The first-order valence-electron chi connectivity index (χ1n) is 9.56. The summed E-state index contributed by atoms with van der Waals surface area (Å²) in [5.41, 5.74) is 1.29. The maximum atomic E-state index is 13.2. The molecule has 1 fully saturated rings. The highest BCUT2D eigenvalue weighted by atomic mass is 19.1. The number of benzene rings is 2. The van der Waals surface area contributed by atoms with Gasteiger partial charge in [-0.25, -0.2) is 4.39 Å². The third-order valence-electron chi connectivity index (χ3n) is 4.99. The number of methoxy groups -OCH3 is 1. The first-order valence-corrected chi connectivity index (χ1v) is 9.56. The van der Waals surface area contributed by atoms with Crippen LogP contribution in [-0.4, -0.2) is 55.6 Å². The van der Waals surface area contributed by atoms with Crippen molar-refractivity contribution in [1.29, 1.82) is 5.26 Å². The molecule has 29 heavy (non-hydrogen) atoms. The number of amides is 1. The Labute approximate surface area is 170 Å². The van der Waals surface area contributed by atoms with Crippen LogP contribution in [-0.2, 0) is 0 Å². The number of piperazine rings is 1. The molecule has 2 aromatic carbocycles. The number of carbonyl (C=O) groups excluding carboxylic acids is 1. The van der Waals surface area contributed by atoms with E-state index < -0.39 is 6.04 Å². The summed E-state index contributed by atoms with van der Waals surface area (Å²) < 4.78 is 24.0. The first-order chi connectivity index (χ1) is 14.1. The molecule has 1 aliphatic heterocycles. The SMILES string of the molecule is CCOc1ccc(C(=O)N2CCN([C@H](C#N)c3ccc(F)cc3)CC2)cc1OC. The van der Waals surface area contributed by atoms with Crippen molar-refractivity contribution >= 4 is 5.91 Å². The van der Waals surface area contributed by atoms with Crippen molar-refractivity contribution in [3.63, 3.8) is 0 Å². The summed E-state index contributed by atoms with van der Waals surface area (Å²) >= 11 is 0. The second-order valence-electron chi connectivity index (χ2n) is 6.71. The van der Waals surface area contributed by atoms with Crippen LogP contribution in [0.5, 0.6) is 11.5 Å². The summed E-state index contributed by atoms with van der Waals surface area (Å²) in [6.07, 6.45) is 0. The van der Waals surface area contributed by atoms with Gasteiger partial charge >= 0.3 is 0 Å². The number of ether oxygens (including phenoxy) is 2. The van der Waals surface area contributed by atoms with Crippen molar-refractivity contribution in [2.75, 3.05) is 39.9 Å². The Morgan fingerprint density at radius 1 is 1.14 bits per heavy atom. The van der Waals surface area contributed by atoms with Crippen LogP contribution in [0.2, 0.25) is 0 Å². The van der Waals surface area contributed by atoms with Gasteiger partial charge in [0.25, 0.3) is 5.91 Å². The summed E-state index contributed by atoms with van der Waals surface area (Å²) in [6, 6.07) is 13.0. The lowest BCUT2D eigenvalue weighted by atomic mass is 10.1. The molecule has 1 atom stereocenters. The molecular weight excluding hydrogens is 373 g/mol.